The summed E-state index contributed by atoms with van der Waals surface area (Å²) in [4.78, 5) is 0. The van der Waals surface area contributed by atoms with Gasteiger partial charge in [-0.05, 0) is 37.1 Å². The van der Waals surface area contributed by atoms with Crippen molar-refractivity contribution < 1.29 is 0 Å². The molecule has 18 heavy (non-hydrogen) atoms. The van der Waals surface area contributed by atoms with E-state index in [1.807, 2.05) is 49.4 Å². The lowest BCUT2D eigenvalue weighted by atomic mass is 10.1. The van der Waals surface area contributed by atoms with E-state index in [1.165, 1.54) is 0 Å². The van der Waals surface area contributed by atoms with Crippen LogP contribution in [0.1, 0.15) is 24.1 Å². The van der Waals surface area contributed by atoms with Crippen LogP contribution in [0.5, 0.6) is 0 Å². The SMILES string of the molecule is Cc1cccc(Cl)c1NC(C)c1ccccc1Cl. The van der Waals surface area contributed by atoms with E-state index in [-0.39, 0.29) is 6.04 Å². The van der Waals surface area contributed by atoms with Gasteiger partial charge in [0.2, 0.25) is 0 Å². The fourth-order valence-electron chi connectivity index (χ4n) is 1.94. The Balaban J connectivity index is 2.27. The number of benzene rings is 2. The number of nitrogens with one attached hydrogen (secondary N) is 1. The average molecular weight is 280 g/mol. The number of para-hydroxylation sites is 1. The minimum atomic E-state index is 0.109. The molecular weight excluding hydrogens is 265 g/mol. The van der Waals surface area contributed by atoms with Crippen molar-refractivity contribution in [1.29, 1.82) is 0 Å². The van der Waals surface area contributed by atoms with Crippen molar-refractivity contribution in [2.24, 2.45) is 0 Å². The molecule has 0 aromatic heterocycles. The summed E-state index contributed by atoms with van der Waals surface area (Å²) in [5.41, 5.74) is 3.16. The molecule has 1 N–H and O–H groups in total. The largest absolute Gasteiger partial charge is 0.377 e. The predicted molar refractivity (Wildman–Crippen MR) is 79.7 cm³/mol. The van der Waals surface area contributed by atoms with Crippen molar-refractivity contribution in [3.05, 3.63) is 63.6 Å². The molecule has 0 amide bonds. The molecule has 0 radical (unpaired) electrons. The van der Waals surface area contributed by atoms with Gasteiger partial charge in [0, 0.05) is 5.02 Å². The summed E-state index contributed by atoms with van der Waals surface area (Å²) < 4.78 is 0. The van der Waals surface area contributed by atoms with E-state index in [2.05, 4.69) is 12.2 Å². The van der Waals surface area contributed by atoms with E-state index in [1.54, 1.807) is 0 Å². The zero-order valence-corrected chi connectivity index (χ0v) is 11.9. The highest BCUT2D eigenvalue weighted by Crippen LogP contribution is 2.31. The van der Waals surface area contributed by atoms with Crippen LogP contribution in [0, 0.1) is 6.92 Å². The second-order valence-corrected chi connectivity index (χ2v) is 5.13. The molecule has 2 aromatic rings. The topological polar surface area (TPSA) is 12.0 Å². The summed E-state index contributed by atoms with van der Waals surface area (Å²) in [6.45, 7) is 4.11. The molecule has 0 aliphatic heterocycles. The number of halogens is 2. The van der Waals surface area contributed by atoms with E-state index in [0.29, 0.717) is 0 Å². The molecule has 94 valence electrons. The first-order valence-electron chi connectivity index (χ1n) is 5.85. The van der Waals surface area contributed by atoms with Gasteiger partial charge in [-0.3, -0.25) is 0 Å². The Morgan fingerprint density at radius 3 is 2.28 bits per heavy atom. The summed E-state index contributed by atoms with van der Waals surface area (Å²) in [7, 11) is 0. The van der Waals surface area contributed by atoms with Crippen LogP contribution < -0.4 is 5.32 Å². The van der Waals surface area contributed by atoms with Crippen LogP contribution in [0.3, 0.4) is 0 Å². The molecule has 0 bridgehead atoms. The van der Waals surface area contributed by atoms with Gasteiger partial charge in [0.15, 0.2) is 0 Å². The molecule has 1 nitrogen and oxygen atoms in total. The zero-order chi connectivity index (χ0) is 13.1. The minimum absolute atomic E-state index is 0.109. The summed E-state index contributed by atoms with van der Waals surface area (Å²) in [5.74, 6) is 0. The number of rotatable bonds is 3. The van der Waals surface area contributed by atoms with E-state index >= 15 is 0 Å². The zero-order valence-electron chi connectivity index (χ0n) is 10.4. The van der Waals surface area contributed by atoms with Crippen LogP contribution in [0.15, 0.2) is 42.5 Å². The first-order valence-corrected chi connectivity index (χ1v) is 6.61. The standard InChI is InChI=1S/C15H15Cl2N/c1-10-6-5-9-14(17)15(10)18-11(2)12-7-3-4-8-13(12)16/h3-9,11,18H,1-2H3. The quantitative estimate of drug-likeness (QED) is 0.785. The maximum absolute atomic E-state index is 6.21. The highest BCUT2D eigenvalue weighted by Gasteiger charge is 2.11. The van der Waals surface area contributed by atoms with Gasteiger partial charge in [-0.1, -0.05) is 53.5 Å². The second-order valence-electron chi connectivity index (χ2n) is 4.32. The lowest BCUT2D eigenvalue weighted by Crippen LogP contribution is -2.08. The van der Waals surface area contributed by atoms with Crippen LogP contribution in [-0.4, -0.2) is 0 Å². The fourth-order valence-corrected chi connectivity index (χ4v) is 2.51. The van der Waals surface area contributed by atoms with Gasteiger partial charge in [-0.25, -0.2) is 0 Å². The van der Waals surface area contributed by atoms with Crippen LogP contribution >= 0.6 is 23.2 Å². The van der Waals surface area contributed by atoms with Crippen LogP contribution in [-0.2, 0) is 0 Å². The van der Waals surface area contributed by atoms with Crippen molar-refractivity contribution >= 4 is 28.9 Å². The number of aryl methyl sites for hydroxylation is 1. The second kappa shape index (κ2) is 5.64. The Morgan fingerprint density at radius 1 is 0.944 bits per heavy atom. The van der Waals surface area contributed by atoms with Crippen molar-refractivity contribution in [1.82, 2.24) is 0 Å². The van der Waals surface area contributed by atoms with Crippen LogP contribution in [0.4, 0.5) is 5.69 Å². The molecular formula is C15H15Cl2N. The van der Waals surface area contributed by atoms with Gasteiger partial charge in [-0.2, -0.15) is 0 Å². The normalized spacial score (nSPS) is 12.2. The van der Waals surface area contributed by atoms with Crippen molar-refractivity contribution in [3.63, 3.8) is 0 Å². The van der Waals surface area contributed by atoms with E-state index < -0.39 is 0 Å². The van der Waals surface area contributed by atoms with Gasteiger partial charge >= 0.3 is 0 Å². The predicted octanol–water partition coefficient (Wildman–Crippen LogP) is 5.47. The Hall–Kier alpha value is -1.18. The molecule has 1 atom stereocenters. The molecule has 2 aromatic carbocycles. The third-order valence-corrected chi connectivity index (χ3v) is 3.61. The van der Waals surface area contributed by atoms with Gasteiger partial charge < -0.3 is 5.32 Å². The monoisotopic (exact) mass is 279 g/mol. The lowest BCUT2D eigenvalue weighted by molar-refractivity contribution is 0.883. The van der Waals surface area contributed by atoms with Gasteiger partial charge in [0.05, 0.1) is 16.8 Å². The summed E-state index contributed by atoms with van der Waals surface area (Å²) >= 11 is 12.4. The molecule has 0 spiro atoms. The fraction of sp³-hybridized carbons (Fsp3) is 0.200. The van der Waals surface area contributed by atoms with Gasteiger partial charge in [-0.15, -0.1) is 0 Å². The molecule has 2 rings (SSSR count). The Morgan fingerprint density at radius 2 is 1.61 bits per heavy atom. The molecule has 0 fully saturated rings. The first kappa shape index (κ1) is 13.3. The summed E-state index contributed by atoms with van der Waals surface area (Å²) in [6, 6.07) is 13.8. The Bertz CT molecular complexity index is 532. The highest BCUT2D eigenvalue weighted by atomic mass is 35.5. The maximum atomic E-state index is 6.21. The first-order chi connectivity index (χ1) is 8.59. The Labute approximate surface area is 118 Å². The van der Waals surface area contributed by atoms with E-state index in [9.17, 15) is 0 Å². The molecule has 0 aliphatic carbocycles. The number of hydrogen-bond donors (Lipinski definition) is 1. The lowest BCUT2D eigenvalue weighted by Gasteiger charge is -2.19. The molecule has 0 saturated carbocycles. The minimum Gasteiger partial charge on any atom is -0.377 e. The Kier molecular flexibility index (Phi) is 4.15. The summed E-state index contributed by atoms with van der Waals surface area (Å²) in [6.07, 6.45) is 0. The molecule has 0 heterocycles. The van der Waals surface area contributed by atoms with Crippen molar-refractivity contribution in [2.75, 3.05) is 5.32 Å². The maximum Gasteiger partial charge on any atom is 0.0640 e. The van der Waals surface area contributed by atoms with Gasteiger partial charge in [0.1, 0.15) is 0 Å². The van der Waals surface area contributed by atoms with Crippen LogP contribution in [0.25, 0.3) is 0 Å². The smallest absolute Gasteiger partial charge is 0.0640 e. The van der Waals surface area contributed by atoms with Crippen LogP contribution in [0.2, 0.25) is 10.0 Å². The average Bonchev–Trinajstić information content (AvgIpc) is 2.34. The third kappa shape index (κ3) is 2.80. The van der Waals surface area contributed by atoms with E-state index in [4.69, 9.17) is 23.2 Å². The molecule has 0 aliphatic rings. The third-order valence-electron chi connectivity index (χ3n) is 2.95. The molecule has 3 heteroatoms. The number of hydrogen-bond acceptors (Lipinski definition) is 1. The number of anilines is 1. The summed E-state index contributed by atoms with van der Waals surface area (Å²) in [5, 5.41) is 4.92. The van der Waals surface area contributed by atoms with Gasteiger partial charge in [0.25, 0.3) is 0 Å². The molecule has 0 saturated heterocycles. The van der Waals surface area contributed by atoms with Crippen molar-refractivity contribution in [3.8, 4) is 0 Å². The highest BCUT2D eigenvalue weighted by molar-refractivity contribution is 6.33. The van der Waals surface area contributed by atoms with Crippen molar-refractivity contribution in [2.45, 2.75) is 19.9 Å². The molecule has 1 unspecified atom stereocenters. The van der Waals surface area contributed by atoms with E-state index in [0.717, 1.165) is 26.9 Å².